The third kappa shape index (κ3) is 5.39. The van der Waals surface area contributed by atoms with Crippen LogP contribution in [0, 0.1) is 0 Å². The van der Waals surface area contributed by atoms with Crippen molar-refractivity contribution >= 4 is 22.8 Å². The van der Waals surface area contributed by atoms with E-state index in [0.717, 1.165) is 0 Å². The molecule has 1 saturated heterocycles. The Morgan fingerprint density at radius 2 is 1.91 bits per heavy atom. The summed E-state index contributed by atoms with van der Waals surface area (Å²) in [7, 11) is 1.65. The second kappa shape index (κ2) is 9.55. The molecule has 0 spiro atoms. The molecule has 2 aromatic heterocycles. The van der Waals surface area contributed by atoms with Gasteiger partial charge in [0.15, 0.2) is 0 Å². The second-order valence-electron chi connectivity index (χ2n) is 8.69. The van der Waals surface area contributed by atoms with E-state index in [2.05, 4.69) is 20.0 Å². The topological polar surface area (TPSA) is 89.3 Å². The first-order valence-electron chi connectivity index (χ1n) is 11.3. The number of halogens is 3. The van der Waals surface area contributed by atoms with Crippen LogP contribution in [0.25, 0.3) is 11.0 Å². The Bertz CT molecular complexity index is 1300. The number of benzene rings is 1. The lowest BCUT2D eigenvalue weighted by Crippen LogP contribution is -2.38. The molecule has 0 bridgehead atoms. The lowest BCUT2D eigenvalue weighted by atomic mass is 9.89. The Kier molecular flexibility index (Phi) is 6.68. The highest BCUT2D eigenvalue weighted by molar-refractivity contribution is 5.87. The van der Waals surface area contributed by atoms with Gasteiger partial charge in [0.2, 0.25) is 5.91 Å². The summed E-state index contributed by atoms with van der Waals surface area (Å²) >= 11 is 0. The average molecular weight is 489 g/mol. The molecule has 186 valence electrons. The Morgan fingerprint density at radius 1 is 1.20 bits per heavy atom. The lowest BCUT2D eigenvalue weighted by Gasteiger charge is -2.31. The molecular weight excluding hydrogens is 463 g/mol. The van der Waals surface area contributed by atoms with Gasteiger partial charge in [-0.05, 0) is 49.4 Å². The van der Waals surface area contributed by atoms with Crippen molar-refractivity contribution in [3.05, 3.63) is 58.1 Å². The summed E-state index contributed by atoms with van der Waals surface area (Å²) in [5.41, 5.74) is 1.50. The molecule has 0 aliphatic carbocycles. The summed E-state index contributed by atoms with van der Waals surface area (Å²) in [6.07, 6.45) is -2.08. The van der Waals surface area contributed by atoms with Crippen LogP contribution in [0.1, 0.15) is 49.8 Å². The molecule has 1 aromatic carbocycles. The van der Waals surface area contributed by atoms with Crippen LogP contribution in [0.4, 0.5) is 19.0 Å². The molecule has 0 saturated carbocycles. The number of carbonyl (C=O) groups is 1. The molecule has 11 heteroatoms. The van der Waals surface area contributed by atoms with Crippen molar-refractivity contribution in [2.45, 2.75) is 45.0 Å². The first-order chi connectivity index (χ1) is 16.5. The number of ether oxygens (including phenoxy) is 1. The Hall–Kier alpha value is -3.63. The maximum absolute atomic E-state index is 13.1. The average Bonchev–Trinajstić information content (AvgIpc) is 2.81. The summed E-state index contributed by atoms with van der Waals surface area (Å²) < 4.78 is 43.4. The van der Waals surface area contributed by atoms with E-state index in [1.807, 2.05) is 0 Å². The molecule has 4 rings (SSSR count). The smallest absolute Gasteiger partial charge is 0.406 e. The largest absolute Gasteiger partial charge is 0.573 e. The molecule has 0 unspecified atom stereocenters. The third-order valence-electron chi connectivity index (χ3n) is 6.36. The van der Waals surface area contributed by atoms with Crippen molar-refractivity contribution in [2.24, 2.45) is 7.05 Å². The van der Waals surface area contributed by atoms with E-state index < -0.39 is 12.4 Å². The van der Waals surface area contributed by atoms with Crippen molar-refractivity contribution < 1.29 is 22.7 Å². The van der Waals surface area contributed by atoms with Gasteiger partial charge in [-0.3, -0.25) is 14.2 Å². The molecule has 0 radical (unpaired) electrons. The number of hydrogen-bond donors (Lipinski definition) is 1. The standard InChI is InChI=1S/C24H26F3N5O3/c1-14(17-5-4-6-18(11-17)35-24(25,26)27)30-21-20-12-19(16-7-9-32(10-8-16)15(2)33)23(34)31(3)22(20)29-13-28-21/h4-6,11-14,16H,7-10H2,1-3H3,(H,28,29,30)/t14-/m1/s1. The number of alkyl halides is 3. The van der Waals surface area contributed by atoms with E-state index in [1.54, 1.807) is 31.0 Å². The van der Waals surface area contributed by atoms with Crippen LogP contribution in [0.2, 0.25) is 0 Å². The monoisotopic (exact) mass is 489 g/mol. The summed E-state index contributed by atoms with van der Waals surface area (Å²) in [5, 5.41) is 3.87. The van der Waals surface area contributed by atoms with Crippen LogP contribution >= 0.6 is 0 Å². The fourth-order valence-corrected chi connectivity index (χ4v) is 4.48. The molecular formula is C24H26F3N5O3. The number of rotatable bonds is 5. The number of aryl methyl sites for hydroxylation is 1. The Morgan fingerprint density at radius 3 is 2.57 bits per heavy atom. The van der Waals surface area contributed by atoms with Crippen LogP contribution in [0.3, 0.4) is 0 Å². The zero-order valence-corrected chi connectivity index (χ0v) is 19.6. The summed E-state index contributed by atoms with van der Waals surface area (Å²) in [6, 6.07) is 7.12. The molecule has 3 aromatic rings. The van der Waals surface area contributed by atoms with Crippen molar-refractivity contribution in [1.82, 2.24) is 19.4 Å². The number of amides is 1. The SMILES string of the molecule is CC(=O)N1CCC(c2cc3c(N[C@H](C)c4cccc(OC(F)(F)F)c4)ncnc3n(C)c2=O)CC1. The zero-order chi connectivity index (χ0) is 25.3. The highest BCUT2D eigenvalue weighted by Gasteiger charge is 2.31. The third-order valence-corrected chi connectivity index (χ3v) is 6.36. The molecule has 1 fully saturated rings. The van der Waals surface area contributed by atoms with Crippen molar-refractivity contribution in [2.75, 3.05) is 18.4 Å². The maximum Gasteiger partial charge on any atom is 0.573 e. The van der Waals surface area contributed by atoms with Crippen LogP contribution in [-0.2, 0) is 11.8 Å². The van der Waals surface area contributed by atoms with Gasteiger partial charge in [0.25, 0.3) is 5.56 Å². The zero-order valence-electron chi connectivity index (χ0n) is 19.6. The quantitative estimate of drug-likeness (QED) is 0.580. The molecule has 1 N–H and O–H groups in total. The summed E-state index contributed by atoms with van der Waals surface area (Å²) in [6.45, 7) is 4.51. The molecule has 35 heavy (non-hydrogen) atoms. The van der Waals surface area contributed by atoms with Gasteiger partial charge in [0.05, 0.1) is 11.4 Å². The first kappa shape index (κ1) is 24.5. The molecule has 8 nitrogen and oxygen atoms in total. The number of piperidine rings is 1. The van der Waals surface area contributed by atoms with E-state index in [0.29, 0.717) is 53.9 Å². The molecule has 1 aliphatic rings. The van der Waals surface area contributed by atoms with E-state index in [-0.39, 0.29) is 23.1 Å². The van der Waals surface area contributed by atoms with Gasteiger partial charge in [0, 0.05) is 32.6 Å². The number of pyridine rings is 1. The lowest BCUT2D eigenvalue weighted by molar-refractivity contribution is -0.274. The van der Waals surface area contributed by atoms with E-state index in [1.165, 1.54) is 36.0 Å². The van der Waals surface area contributed by atoms with Crippen molar-refractivity contribution in [3.63, 3.8) is 0 Å². The molecule has 1 aliphatic heterocycles. The predicted molar refractivity (Wildman–Crippen MR) is 124 cm³/mol. The van der Waals surface area contributed by atoms with Gasteiger partial charge in [-0.25, -0.2) is 9.97 Å². The van der Waals surface area contributed by atoms with Gasteiger partial charge in [-0.2, -0.15) is 0 Å². The number of fused-ring (bicyclic) bond motifs is 1. The minimum Gasteiger partial charge on any atom is -0.406 e. The number of hydrogen-bond acceptors (Lipinski definition) is 6. The second-order valence-corrected chi connectivity index (χ2v) is 8.69. The van der Waals surface area contributed by atoms with E-state index in [9.17, 15) is 22.8 Å². The van der Waals surface area contributed by atoms with Gasteiger partial charge < -0.3 is 15.0 Å². The normalized spacial score (nSPS) is 15.8. The number of aromatic nitrogens is 3. The van der Waals surface area contributed by atoms with Crippen molar-refractivity contribution in [1.29, 1.82) is 0 Å². The first-order valence-corrected chi connectivity index (χ1v) is 11.3. The minimum atomic E-state index is -4.78. The summed E-state index contributed by atoms with van der Waals surface area (Å²) in [5.74, 6) is 0.171. The fraction of sp³-hybridized carbons (Fsp3) is 0.417. The van der Waals surface area contributed by atoms with Gasteiger partial charge in [-0.1, -0.05) is 12.1 Å². The number of nitrogens with zero attached hydrogens (tertiary/aromatic N) is 4. The molecule has 3 heterocycles. The maximum atomic E-state index is 13.1. The number of likely N-dealkylation sites (tertiary alicyclic amines) is 1. The van der Waals surface area contributed by atoms with Gasteiger partial charge >= 0.3 is 6.36 Å². The number of anilines is 1. The van der Waals surface area contributed by atoms with Gasteiger partial charge in [-0.15, -0.1) is 13.2 Å². The van der Waals surface area contributed by atoms with Gasteiger partial charge in [0.1, 0.15) is 23.5 Å². The van der Waals surface area contributed by atoms with E-state index >= 15 is 0 Å². The van der Waals surface area contributed by atoms with E-state index in [4.69, 9.17) is 0 Å². The summed E-state index contributed by atoms with van der Waals surface area (Å²) in [4.78, 5) is 35.2. The minimum absolute atomic E-state index is 0.00428. The molecule has 1 amide bonds. The Balaban J connectivity index is 1.65. The number of carbonyl (C=O) groups excluding carboxylic acids is 1. The highest BCUT2D eigenvalue weighted by Crippen LogP contribution is 2.31. The van der Waals surface area contributed by atoms with Crippen molar-refractivity contribution in [3.8, 4) is 5.75 Å². The van der Waals surface area contributed by atoms with Crippen LogP contribution in [0.5, 0.6) is 5.75 Å². The van der Waals surface area contributed by atoms with Crippen LogP contribution in [0.15, 0.2) is 41.5 Å². The fourth-order valence-electron chi connectivity index (χ4n) is 4.48. The number of nitrogens with one attached hydrogen (secondary N) is 1. The predicted octanol–water partition coefficient (Wildman–Crippen LogP) is 4.13. The Labute approximate surface area is 199 Å². The van der Waals surface area contributed by atoms with Crippen LogP contribution in [-0.4, -0.2) is 44.8 Å². The highest BCUT2D eigenvalue weighted by atomic mass is 19.4. The molecule has 1 atom stereocenters. The van der Waals surface area contributed by atoms with Crippen LogP contribution < -0.4 is 15.6 Å².